The standard InChI is InChI=1S/C7H13N3O4/c1-4(11)7(14)9-6(13)8-3-10(7)5(2)12/h6,8-9,13-14H,3H2,1-2H3. The van der Waals surface area contributed by atoms with Crippen LogP contribution in [-0.2, 0) is 9.59 Å². The highest BCUT2D eigenvalue weighted by Crippen LogP contribution is 2.13. The van der Waals surface area contributed by atoms with E-state index in [-0.39, 0.29) is 6.67 Å². The van der Waals surface area contributed by atoms with Crippen LogP contribution in [0, 0.1) is 0 Å². The lowest BCUT2D eigenvalue weighted by Crippen LogP contribution is -2.75. The average Bonchev–Trinajstić information content (AvgIpc) is 2.02. The topological polar surface area (TPSA) is 102 Å². The van der Waals surface area contributed by atoms with Crippen molar-refractivity contribution in [3.8, 4) is 0 Å². The molecule has 1 aliphatic rings. The fraction of sp³-hybridized carbons (Fsp3) is 0.714. The van der Waals surface area contributed by atoms with Crippen molar-refractivity contribution in [2.75, 3.05) is 6.67 Å². The van der Waals surface area contributed by atoms with Crippen LogP contribution >= 0.6 is 0 Å². The maximum atomic E-state index is 11.1. The quantitative estimate of drug-likeness (QED) is 0.375. The molecule has 0 spiro atoms. The van der Waals surface area contributed by atoms with Crippen LogP contribution in [-0.4, -0.2) is 45.7 Å². The third-order valence-corrected chi connectivity index (χ3v) is 2.04. The summed E-state index contributed by atoms with van der Waals surface area (Å²) in [5.41, 5.74) is 0. The minimum absolute atomic E-state index is 0.0976. The van der Waals surface area contributed by atoms with Crippen molar-refractivity contribution in [2.24, 2.45) is 0 Å². The van der Waals surface area contributed by atoms with Crippen LogP contribution in [0.5, 0.6) is 0 Å². The molecule has 0 aromatic carbocycles. The first-order valence-electron chi connectivity index (χ1n) is 4.08. The Kier molecular flexibility index (Phi) is 2.86. The van der Waals surface area contributed by atoms with Crippen molar-refractivity contribution < 1.29 is 19.8 Å². The first kappa shape index (κ1) is 11.1. The summed E-state index contributed by atoms with van der Waals surface area (Å²) >= 11 is 0. The molecule has 4 N–H and O–H groups in total. The summed E-state index contributed by atoms with van der Waals surface area (Å²) in [5, 5.41) is 23.6. The molecule has 0 aromatic rings. The van der Waals surface area contributed by atoms with Gasteiger partial charge in [-0.1, -0.05) is 0 Å². The van der Waals surface area contributed by atoms with Crippen LogP contribution in [0.1, 0.15) is 13.8 Å². The van der Waals surface area contributed by atoms with E-state index in [1.165, 1.54) is 6.92 Å². The van der Waals surface area contributed by atoms with Gasteiger partial charge in [0.1, 0.15) is 0 Å². The first-order chi connectivity index (χ1) is 6.38. The number of hydrogen-bond donors (Lipinski definition) is 4. The molecule has 14 heavy (non-hydrogen) atoms. The van der Waals surface area contributed by atoms with Gasteiger partial charge < -0.3 is 10.2 Å². The lowest BCUT2D eigenvalue weighted by atomic mass is 10.2. The van der Waals surface area contributed by atoms with E-state index >= 15 is 0 Å². The van der Waals surface area contributed by atoms with Gasteiger partial charge in [0.05, 0.1) is 6.67 Å². The second kappa shape index (κ2) is 3.62. The van der Waals surface area contributed by atoms with Crippen LogP contribution in [0.4, 0.5) is 0 Å². The van der Waals surface area contributed by atoms with Gasteiger partial charge in [0.15, 0.2) is 12.1 Å². The summed E-state index contributed by atoms with van der Waals surface area (Å²) in [4.78, 5) is 23.1. The van der Waals surface area contributed by atoms with E-state index in [4.69, 9.17) is 5.11 Å². The molecule has 7 heteroatoms. The Morgan fingerprint density at radius 2 is 2.07 bits per heavy atom. The van der Waals surface area contributed by atoms with E-state index in [1.807, 2.05) is 0 Å². The van der Waals surface area contributed by atoms with Gasteiger partial charge in [0.25, 0.3) is 5.85 Å². The van der Waals surface area contributed by atoms with Crippen molar-refractivity contribution in [2.45, 2.75) is 26.0 Å². The monoisotopic (exact) mass is 203 g/mol. The van der Waals surface area contributed by atoms with Gasteiger partial charge >= 0.3 is 0 Å². The van der Waals surface area contributed by atoms with E-state index in [9.17, 15) is 14.7 Å². The summed E-state index contributed by atoms with van der Waals surface area (Å²) in [6, 6.07) is 0. The number of aliphatic hydroxyl groups is 2. The molecular formula is C7H13N3O4. The summed E-state index contributed by atoms with van der Waals surface area (Å²) in [5.74, 6) is -3.26. The van der Waals surface area contributed by atoms with Crippen molar-refractivity contribution >= 4 is 11.7 Å². The number of carbonyl (C=O) groups is 2. The Morgan fingerprint density at radius 1 is 1.50 bits per heavy atom. The summed E-state index contributed by atoms with van der Waals surface area (Å²) in [6.07, 6.45) is -1.22. The number of aliphatic hydroxyl groups excluding tert-OH is 1. The van der Waals surface area contributed by atoms with Crippen LogP contribution in [0.3, 0.4) is 0 Å². The summed E-state index contributed by atoms with van der Waals surface area (Å²) in [6.45, 7) is 2.25. The van der Waals surface area contributed by atoms with Crippen LogP contribution < -0.4 is 10.6 Å². The van der Waals surface area contributed by atoms with Crippen LogP contribution in [0.25, 0.3) is 0 Å². The molecule has 2 unspecified atom stereocenters. The highest BCUT2D eigenvalue weighted by molar-refractivity contribution is 5.88. The number of nitrogens with one attached hydrogen (secondary N) is 2. The largest absolute Gasteiger partial charge is 0.365 e. The number of carbonyl (C=O) groups excluding carboxylic acids is 2. The van der Waals surface area contributed by atoms with E-state index in [1.54, 1.807) is 0 Å². The summed E-state index contributed by atoms with van der Waals surface area (Å²) < 4.78 is 0. The van der Waals surface area contributed by atoms with Gasteiger partial charge in [-0.2, -0.15) is 0 Å². The Bertz CT molecular complexity index is 270. The third kappa shape index (κ3) is 1.75. The number of Topliss-reactive ketones (excluding diaryl/α,β-unsaturated/α-hetero) is 1. The van der Waals surface area contributed by atoms with E-state index < -0.39 is 23.9 Å². The number of nitrogens with zero attached hydrogens (tertiary/aromatic N) is 1. The molecular weight excluding hydrogens is 190 g/mol. The second-order valence-corrected chi connectivity index (χ2v) is 3.08. The van der Waals surface area contributed by atoms with E-state index in [2.05, 4.69) is 10.6 Å². The van der Waals surface area contributed by atoms with Crippen molar-refractivity contribution in [3.63, 3.8) is 0 Å². The van der Waals surface area contributed by atoms with Crippen molar-refractivity contribution in [1.29, 1.82) is 0 Å². The molecule has 1 saturated heterocycles. The minimum Gasteiger partial charge on any atom is -0.365 e. The predicted octanol–water partition coefficient (Wildman–Crippen LogP) is -2.50. The van der Waals surface area contributed by atoms with E-state index in [0.29, 0.717) is 0 Å². The fourth-order valence-corrected chi connectivity index (χ4v) is 1.24. The van der Waals surface area contributed by atoms with Gasteiger partial charge in [0, 0.05) is 13.8 Å². The van der Waals surface area contributed by atoms with Gasteiger partial charge in [-0.05, 0) is 0 Å². The Morgan fingerprint density at radius 3 is 2.50 bits per heavy atom. The number of hydrogen-bond acceptors (Lipinski definition) is 6. The first-order valence-corrected chi connectivity index (χ1v) is 4.08. The zero-order valence-corrected chi connectivity index (χ0v) is 7.94. The molecule has 1 aliphatic heterocycles. The maximum Gasteiger partial charge on any atom is 0.263 e. The molecule has 0 aliphatic carbocycles. The number of rotatable bonds is 1. The lowest BCUT2D eigenvalue weighted by molar-refractivity contribution is -0.202. The molecule has 1 amide bonds. The fourth-order valence-electron chi connectivity index (χ4n) is 1.24. The van der Waals surface area contributed by atoms with Gasteiger partial charge in [-0.15, -0.1) is 0 Å². The molecule has 1 rings (SSSR count). The SMILES string of the molecule is CC(=O)N1CNC(O)NC1(O)C(C)=O. The van der Waals surface area contributed by atoms with Gasteiger partial charge in [-0.25, -0.2) is 5.32 Å². The molecule has 1 heterocycles. The van der Waals surface area contributed by atoms with Crippen LogP contribution in [0.2, 0.25) is 0 Å². The van der Waals surface area contributed by atoms with E-state index in [0.717, 1.165) is 11.8 Å². The highest BCUT2D eigenvalue weighted by Gasteiger charge is 2.45. The zero-order chi connectivity index (χ0) is 10.9. The molecule has 2 atom stereocenters. The Labute approximate surface area is 80.7 Å². The molecule has 80 valence electrons. The third-order valence-electron chi connectivity index (χ3n) is 2.04. The van der Waals surface area contributed by atoms with Gasteiger partial charge in [0.2, 0.25) is 5.91 Å². The van der Waals surface area contributed by atoms with Crippen molar-refractivity contribution in [3.05, 3.63) is 0 Å². The maximum absolute atomic E-state index is 11.1. The summed E-state index contributed by atoms with van der Waals surface area (Å²) in [7, 11) is 0. The molecule has 1 fully saturated rings. The molecule has 0 radical (unpaired) electrons. The molecule has 0 saturated carbocycles. The highest BCUT2D eigenvalue weighted by atomic mass is 16.4. The minimum atomic E-state index is -2.13. The number of ketones is 1. The predicted molar refractivity (Wildman–Crippen MR) is 45.3 cm³/mol. The van der Waals surface area contributed by atoms with Gasteiger partial charge in [-0.3, -0.25) is 19.8 Å². The van der Waals surface area contributed by atoms with Crippen LogP contribution in [0.15, 0.2) is 0 Å². The normalized spacial score (nSPS) is 32.9. The molecule has 0 bridgehead atoms. The lowest BCUT2D eigenvalue weighted by Gasteiger charge is -2.43. The molecule has 0 aromatic heterocycles. The zero-order valence-electron chi connectivity index (χ0n) is 7.94. The second-order valence-electron chi connectivity index (χ2n) is 3.08. The average molecular weight is 203 g/mol. The van der Waals surface area contributed by atoms with Crippen molar-refractivity contribution in [1.82, 2.24) is 15.5 Å². The Hall–Kier alpha value is -1.02. The number of amides is 1. The molecule has 7 nitrogen and oxygen atoms in total. The smallest absolute Gasteiger partial charge is 0.263 e. The Balaban J connectivity index is 2.94.